The average Bonchev–Trinajstić information content (AvgIpc) is 2.46. The minimum atomic E-state index is -0.233. The molecule has 4 bridgehead atoms. The Balaban J connectivity index is 1.67. The molecule has 0 radical (unpaired) electrons. The predicted molar refractivity (Wildman–Crippen MR) is 90.2 cm³/mol. The van der Waals surface area contributed by atoms with E-state index in [4.69, 9.17) is 0 Å². The number of amides is 1. The van der Waals surface area contributed by atoms with E-state index in [1.807, 2.05) is 19.9 Å². The molecule has 1 atom stereocenters. The maximum atomic E-state index is 12.4. The smallest absolute Gasteiger partial charge is 0.263 e. The van der Waals surface area contributed by atoms with Gasteiger partial charge in [0.05, 0.1) is 0 Å². The third-order valence-corrected chi connectivity index (χ3v) is 6.28. The summed E-state index contributed by atoms with van der Waals surface area (Å²) in [5, 5.41) is 15.4. The molecule has 0 aliphatic heterocycles. The lowest BCUT2D eigenvalue weighted by atomic mass is 9.48. The van der Waals surface area contributed by atoms with Crippen LogP contribution in [0.15, 0.2) is 11.8 Å². The van der Waals surface area contributed by atoms with Gasteiger partial charge in [-0.05, 0) is 82.5 Å². The normalized spacial score (nSPS) is 36.7. The maximum absolute atomic E-state index is 12.4. The van der Waals surface area contributed by atoms with Gasteiger partial charge >= 0.3 is 0 Å². The third-order valence-electron chi connectivity index (χ3n) is 6.28. The van der Waals surface area contributed by atoms with Crippen LogP contribution in [0.25, 0.3) is 0 Å². The number of carbonyl (C=O) groups excluding carboxylic acids is 1. The summed E-state index contributed by atoms with van der Waals surface area (Å²) in [6, 6.07) is 2.39. The van der Waals surface area contributed by atoms with E-state index in [0.29, 0.717) is 0 Å². The van der Waals surface area contributed by atoms with Gasteiger partial charge in [-0.1, -0.05) is 0 Å². The fraction of sp³-hybridized carbons (Fsp3) is 0.789. The first-order valence-corrected chi connectivity index (χ1v) is 9.09. The van der Waals surface area contributed by atoms with Gasteiger partial charge in [-0.2, -0.15) is 5.26 Å². The lowest BCUT2D eigenvalue weighted by Gasteiger charge is -2.59. The summed E-state index contributed by atoms with van der Waals surface area (Å²) in [6.07, 6.45) is 9.54. The number of rotatable bonds is 5. The van der Waals surface area contributed by atoms with Crippen LogP contribution in [0.4, 0.5) is 0 Å². The molecular formula is C19H29N3O. The molecule has 4 fully saturated rings. The second kappa shape index (κ2) is 6.19. The van der Waals surface area contributed by atoms with Crippen LogP contribution in [-0.2, 0) is 4.79 Å². The van der Waals surface area contributed by atoms with Gasteiger partial charge in [0.25, 0.3) is 5.91 Å². The van der Waals surface area contributed by atoms with Crippen LogP contribution in [0, 0.1) is 34.5 Å². The van der Waals surface area contributed by atoms with Crippen LogP contribution in [0.2, 0.25) is 0 Å². The third kappa shape index (κ3) is 3.24. The molecule has 4 rings (SSSR count). The van der Waals surface area contributed by atoms with E-state index in [-0.39, 0.29) is 29.0 Å². The summed E-state index contributed by atoms with van der Waals surface area (Å²) in [6.45, 7) is 6.12. The molecule has 0 saturated heterocycles. The lowest BCUT2D eigenvalue weighted by Crippen LogP contribution is -2.56. The molecule has 4 nitrogen and oxygen atoms in total. The van der Waals surface area contributed by atoms with Crippen molar-refractivity contribution in [2.24, 2.45) is 23.2 Å². The molecule has 0 aromatic heterocycles. The van der Waals surface area contributed by atoms with Gasteiger partial charge in [-0.3, -0.25) is 4.79 Å². The number of nitriles is 1. The zero-order valence-electron chi connectivity index (χ0n) is 14.6. The number of nitrogens with zero attached hydrogens (tertiary/aromatic N) is 1. The summed E-state index contributed by atoms with van der Waals surface area (Å²) >= 11 is 0. The number of nitrogens with one attached hydrogen (secondary N) is 2. The Labute approximate surface area is 139 Å². The van der Waals surface area contributed by atoms with Crippen molar-refractivity contribution in [1.29, 1.82) is 5.26 Å². The van der Waals surface area contributed by atoms with E-state index in [1.54, 1.807) is 6.20 Å². The van der Waals surface area contributed by atoms with Crippen molar-refractivity contribution < 1.29 is 4.79 Å². The Morgan fingerprint density at radius 1 is 1.13 bits per heavy atom. The molecule has 126 valence electrons. The molecule has 4 aliphatic rings. The number of hydrogen-bond acceptors (Lipinski definition) is 3. The molecule has 4 saturated carbocycles. The largest absolute Gasteiger partial charge is 0.387 e. The van der Waals surface area contributed by atoms with E-state index in [0.717, 1.165) is 17.8 Å². The van der Waals surface area contributed by atoms with E-state index in [2.05, 4.69) is 17.6 Å². The number of hydrogen-bond donors (Lipinski definition) is 2. The molecule has 0 heterocycles. The predicted octanol–water partition coefficient (Wildman–Crippen LogP) is 3.11. The molecular weight excluding hydrogens is 286 g/mol. The van der Waals surface area contributed by atoms with Gasteiger partial charge in [-0.15, -0.1) is 0 Å². The molecule has 4 aliphatic carbocycles. The van der Waals surface area contributed by atoms with Crippen LogP contribution in [0.5, 0.6) is 0 Å². The molecule has 2 N–H and O–H groups in total. The van der Waals surface area contributed by atoms with Crippen molar-refractivity contribution in [3.8, 4) is 6.07 Å². The Morgan fingerprint density at radius 2 is 1.65 bits per heavy atom. The quantitative estimate of drug-likeness (QED) is 0.605. The van der Waals surface area contributed by atoms with Crippen LogP contribution in [-0.4, -0.2) is 18.0 Å². The minimum Gasteiger partial charge on any atom is -0.387 e. The first-order valence-electron chi connectivity index (χ1n) is 9.09. The highest BCUT2D eigenvalue weighted by Gasteiger charge is 2.53. The lowest BCUT2D eigenvalue weighted by molar-refractivity contribution is -0.122. The highest BCUT2D eigenvalue weighted by atomic mass is 16.1. The van der Waals surface area contributed by atoms with E-state index < -0.39 is 0 Å². The van der Waals surface area contributed by atoms with Crippen molar-refractivity contribution in [3.05, 3.63) is 11.8 Å². The summed E-state index contributed by atoms with van der Waals surface area (Å²) in [5.41, 5.74) is 0.450. The molecule has 0 aromatic carbocycles. The SMILES string of the molecule is CC(C)N/C=C(/C#N)C(=O)NC(C)C12CC3CC(CC(C3)C1)C2. The van der Waals surface area contributed by atoms with E-state index in [1.165, 1.54) is 38.5 Å². The molecule has 0 spiro atoms. The molecule has 23 heavy (non-hydrogen) atoms. The molecule has 4 heteroatoms. The Bertz CT molecular complexity index is 508. The highest BCUT2D eigenvalue weighted by molar-refractivity contribution is 5.97. The molecule has 1 amide bonds. The first-order chi connectivity index (χ1) is 10.9. The monoisotopic (exact) mass is 315 g/mol. The van der Waals surface area contributed by atoms with Gasteiger partial charge in [0, 0.05) is 18.3 Å². The van der Waals surface area contributed by atoms with Crippen molar-refractivity contribution in [2.75, 3.05) is 0 Å². The van der Waals surface area contributed by atoms with Crippen LogP contribution >= 0.6 is 0 Å². The summed E-state index contributed by atoms with van der Waals surface area (Å²) in [7, 11) is 0. The fourth-order valence-electron chi connectivity index (χ4n) is 5.53. The Morgan fingerprint density at radius 3 is 2.09 bits per heavy atom. The summed E-state index contributed by atoms with van der Waals surface area (Å²) in [4.78, 5) is 12.4. The van der Waals surface area contributed by atoms with Gasteiger partial charge in [-0.25, -0.2) is 0 Å². The van der Waals surface area contributed by atoms with Gasteiger partial charge in [0.2, 0.25) is 0 Å². The molecule has 1 unspecified atom stereocenters. The summed E-state index contributed by atoms with van der Waals surface area (Å²) in [5.74, 6) is 2.38. The second-order valence-electron chi connectivity index (χ2n) is 8.47. The van der Waals surface area contributed by atoms with E-state index >= 15 is 0 Å². The standard InChI is InChI=1S/C19H29N3O/c1-12(2)21-11-17(10-20)18(23)22-13(3)19-7-14-4-15(8-19)6-16(5-14)9-19/h11-16,21H,4-9H2,1-3H3,(H,22,23)/b17-11-. The molecule has 0 aromatic rings. The Kier molecular flexibility index (Phi) is 4.40. The van der Waals surface area contributed by atoms with Crippen LogP contribution in [0.1, 0.15) is 59.3 Å². The van der Waals surface area contributed by atoms with E-state index in [9.17, 15) is 10.1 Å². The van der Waals surface area contributed by atoms with Crippen molar-refractivity contribution >= 4 is 5.91 Å². The van der Waals surface area contributed by atoms with Gasteiger partial charge in [0.1, 0.15) is 11.6 Å². The first kappa shape index (κ1) is 16.4. The van der Waals surface area contributed by atoms with Crippen molar-refractivity contribution in [1.82, 2.24) is 10.6 Å². The average molecular weight is 315 g/mol. The van der Waals surface area contributed by atoms with Gasteiger partial charge < -0.3 is 10.6 Å². The van der Waals surface area contributed by atoms with Gasteiger partial charge in [0.15, 0.2) is 0 Å². The fourth-order valence-corrected chi connectivity index (χ4v) is 5.53. The van der Waals surface area contributed by atoms with Crippen molar-refractivity contribution in [3.63, 3.8) is 0 Å². The summed E-state index contributed by atoms with van der Waals surface area (Å²) < 4.78 is 0. The zero-order chi connectivity index (χ0) is 16.6. The van der Waals surface area contributed by atoms with Crippen molar-refractivity contribution in [2.45, 2.75) is 71.4 Å². The number of carbonyl (C=O) groups is 1. The maximum Gasteiger partial charge on any atom is 0.263 e. The van der Waals surface area contributed by atoms with Crippen LogP contribution in [0.3, 0.4) is 0 Å². The second-order valence-corrected chi connectivity index (χ2v) is 8.47. The minimum absolute atomic E-state index is 0.152. The Hall–Kier alpha value is -1.50. The highest BCUT2D eigenvalue weighted by Crippen LogP contribution is 2.61. The topological polar surface area (TPSA) is 64.9 Å². The van der Waals surface area contributed by atoms with Crippen LogP contribution < -0.4 is 10.6 Å². The zero-order valence-corrected chi connectivity index (χ0v) is 14.6.